The highest BCUT2D eigenvalue weighted by Gasteiger charge is 2.36. The molecule has 2 N–H and O–H groups in total. The number of carbonyl (C=O) groups is 1. The van der Waals surface area contributed by atoms with Gasteiger partial charge in [0.15, 0.2) is 0 Å². The third-order valence-electron chi connectivity index (χ3n) is 4.75. The van der Waals surface area contributed by atoms with Crippen LogP contribution in [0.2, 0.25) is 0 Å². The van der Waals surface area contributed by atoms with Gasteiger partial charge in [0.25, 0.3) is 0 Å². The first-order valence-corrected chi connectivity index (χ1v) is 7.39. The van der Waals surface area contributed by atoms with E-state index in [1.807, 2.05) is 4.90 Å². The third kappa shape index (κ3) is 2.69. The molecular formula is C14H24N2O2. The Morgan fingerprint density at radius 1 is 1.06 bits per heavy atom. The van der Waals surface area contributed by atoms with Gasteiger partial charge in [-0.15, -0.1) is 0 Å². The number of rotatable bonds is 2. The zero-order chi connectivity index (χ0) is 12.5. The fourth-order valence-electron chi connectivity index (χ4n) is 3.59. The van der Waals surface area contributed by atoms with Gasteiger partial charge in [0.2, 0.25) is 5.91 Å². The molecule has 3 rings (SSSR count). The highest BCUT2D eigenvalue weighted by molar-refractivity contribution is 5.76. The number of likely N-dealkylation sites (tertiary alicyclic amines) is 1. The monoisotopic (exact) mass is 252 g/mol. The van der Waals surface area contributed by atoms with E-state index in [4.69, 9.17) is 10.5 Å². The molecule has 4 nitrogen and oxygen atoms in total. The maximum absolute atomic E-state index is 12.3. The molecule has 2 bridgehead atoms. The molecule has 0 aromatic rings. The molecule has 4 heteroatoms. The predicted molar refractivity (Wildman–Crippen MR) is 69.0 cm³/mol. The molecule has 0 radical (unpaired) electrons. The maximum Gasteiger partial charge on any atom is 0.223 e. The molecule has 102 valence electrons. The molecule has 0 aromatic carbocycles. The lowest BCUT2D eigenvalue weighted by molar-refractivity contribution is -0.141. The van der Waals surface area contributed by atoms with Crippen molar-refractivity contribution in [2.24, 2.45) is 11.7 Å². The highest BCUT2D eigenvalue weighted by Crippen LogP contribution is 2.29. The second-order valence-electron chi connectivity index (χ2n) is 6.24. The van der Waals surface area contributed by atoms with Gasteiger partial charge < -0.3 is 15.4 Å². The van der Waals surface area contributed by atoms with E-state index in [0.717, 1.165) is 58.0 Å². The van der Waals surface area contributed by atoms with Gasteiger partial charge in [0, 0.05) is 25.6 Å². The van der Waals surface area contributed by atoms with Crippen LogP contribution in [-0.2, 0) is 9.53 Å². The van der Waals surface area contributed by atoms with E-state index >= 15 is 0 Å². The Balaban J connectivity index is 1.49. The van der Waals surface area contributed by atoms with Crippen LogP contribution in [0, 0.1) is 5.92 Å². The lowest BCUT2D eigenvalue weighted by Crippen LogP contribution is -2.46. The average molecular weight is 252 g/mol. The Hall–Kier alpha value is -0.610. The van der Waals surface area contributed by atoms with Crippen molar-refractivity contribution in [1.82, 2.24) is 4.90 Å². The van der Waals surface area contributed by atoms with Gasteiger partial charge in [0.1, 0.15) is 0 Å². The Morgan fingerprint density at radius 3 is 2.28 bits per heavy atom. The lowest BCUT2D eigenvalue weighted by atomic mass is 9.84. The molecule has 18 heavy (non-hydrogen) atoms. The second kappa shape index (κ2) is 5.17. The maximum atomic E-state index is 12.3. The van der Waals surface area contributed by atoms with Crippen LogP contribution in [0.5, 0.6) is 0 Å². The van der Waals surface area contributed by atoms with Gasteiger partial charge in [0.05, 0.1) is 12.2 Å². The molecule has 2 atom stereocenters. The van der Waals surface area contributed by atoms with E-state index in [1.165, 1.54) is 0 Å². The molecule has 0 aromatic heterocycles. The first-order chi connectivity index (χ1) is 8.70. The fourth-order valence-corrected chi connectivity index (χ4v) is 3.59. The summed E-state index contributed by atoms with van der Waals surface area (Å²) in [5.41, 5.74) is 5.90. The van der Waals surface area contributed by atoms with Crippen molar-refractivity contribution < 1.29 is 9.53 Å². The summed E-state index contributed by atoms with van der Waals surface area (Å²) in [6.45, 7) is 1.64. The van der Waals surface area contributed by atoms with Crippen LogP contribution < -0.4 is 5.73 Å². The summed E-state index contributed by atoms with van der Waals surface area (Å²) in [4.78, 5) is 14.3. The van der Waals surface area contributed by atoms with Gasteiger partial charge >= 0.3 is 0 Å². The molecular weight excluding hydrogens is 228 g/mol. The van der Waals surface area contributed by atoms with Crippen molar-refractivity contribution in [3.8, 4) is 0 Å². The van der Waals surface area contributed by atoms with E-state index in [0.29, 0.717) is 30.1 Å². The normalized spacial score (nSPS) is 39.9. The van der Waals surface area contributed by atoms with Crippen LogP contribution in [-0.4, -0.2) is 42.1 Å². The smallest absolute Gasteiger partial charge is 0.223 e. The largest absolute Gasteiger partial charge is 0.371 e. The molecule has 2 heterocycles. The molecule has 2 saturated heterocycles. The zero-order valence-electron chi connectivity index (χ0n) is 11.0. The van der Waals surface area contributed by atoms with Crippen molar-refractivity contribution in [2.45, 2.75) is 63.2 Å². The quantitative estimate of drug-likeness (QED) is 0.805. The molecule has 3 aliphatic rings. The molecule has 1 amide bonds. The summed E-state index contributed by atoms with van der Waals surface area (Å²) >= 11 is 0. The zero-order valence-corrected chi connectivity index (χ0v) is 11.0. The minimum Gasteiger partial charge on any atom is -0.371 e. The summed E-state index contributed by atoms with van der Waals surface area (Å²) < 4.78 is 5.77. The van der Waals surface area contributed by atoms with Crippen molar-refractivity contribution in [3.63, 3.8) is 0 Å². The van der Waals surface area contributed by atoms with E-state index in [2.05, 4.69) is 0 Å². The summed E-state index contributed by atoms with van der Waals surface area (Å²) in [5.74, 6) is 0.911. The van der Waals surface area contributed by atoms with Crippen LogP contribution in [0.15, 0.2) is 0 Å². The summed E-state index contributed by atoms with van der Waals surface area (Å²) in [7, 11) is 0. The van der Waals surface area contributed by atoms with E-state index in [-0.39, 0.29) is 0 Å². The van der Waals surface area contributed by atoms with E-state index < -0.39 is 0 Å². The number of morpholine rings is 1. The van der Waals surface area contributed by atoms with Crippen molar-refractivity contribution in [3.05, 3.63) is 0 Å². The number of hydrogen-bond donors (Lipinski definition) is 1. The van der Waals surface area contributed by atoms with Gasteiger partial charge in [-0.05, 0) is 44.4 Å². The summed E-state index contributed by atoms with van der Waals surface area (Å²) in [5, 5.41) is 0. The number of fused-ring (bicyclic) bond motifs is 2. The van der Waals surface area contributed by atoms with Crippen LogP contribution in [0.3, 0.4) is 0 Å². The Morgan fingerprint density at radius 2 is 1.67 bits per heavy atom. The first kappa shape index (κ1) is 12.4. The Labute approximate surface area is 109 Å². The molecule has 3 fully saturated rings. The molecule has 1 saturated carbocycles. The number of nitrogens with zero attached hydrogens (tertiary/aromatic N) is 1. The second-order valence-corrected chi connectivity index (χ2v) is 6.24. The molecule has 2 aliphatic heterocycles. The molecule has 2 unspecified atom stereocenters. The molecule has 1 aliphatic carbocycles. The highest BCUT2D eigenvalue weighted by atomic mass is 16.5. The average Bonchev–Trinajstić information content (AvgIpc) is 2.71. The van der Waals surface area contributed by atoms with Crippen molar-refractivity contribution >= 4 is 5.91 Å². The Bertz CT molecular complexity index is 301. The van der Waals surface area contributed by atoms with Gasteiger partial charge in [-0.3, -0.25) is 4.79 Å². The van der Waals surface area contributed by atoms with Crippen LogP contribution in [0.4, 0.5) is 0 Å². The number of ether oxygens (including phenoxy) is 1. The number of carbonyl (C=O) groups excluding carboxylic acids is 1. The molecule has 0 spiro atoms. The summed E-state index contributed by atoms with van der Waals surface area (Å²) in [6, 6.07) is 0.371. The van der Waals surface area contributed by atoms with Crippen LogP contribution in [0.1, 0.15) is 44.9 Å². The van der Waals surface area contributed by atoms with Gasteiger partial charge in [-0.1, -0.05) is 0 Å². The number of nitrogens with two attached hydrogens (primary N) is 1. The summed E-state index contributed by atoms with van der Waals surface area (Å²) in [6.07, 6.45) is 8.05. The minimum atomic E-state index is 0.312. The fraction of sp³-hybridized carbons (Fsp3) is 0.929. The first-order valence-electron chi connectivity index (χ1n) is 7.39. The third-order valence-corrected chi connectivity index (χ3v) is 4.75. The van der Waals surface area contributed by atoms with Crippen molar-refractivity contribution in [2.75, 3.05) is 13.1 Å². The number of amides is 1. The minimum absolute atomic E-state index is 0.312. The van der Waals surface area contributed by atoms with Crippen LogP contribution in [0.25, 0.3) is 0 Å². The van der Waals surface area contributed by atoms with Gasteiger partial charge in [-0.25, -0.2) is 0 Å². The standard InChI is InChI=1S/C14H24N2O2/c15-11-3-1-10(2-4-11)7-14(17)16-8-12-5-6-13(9-16)18-12/h10-13H,1-9,15H2. The number of hydrogen-bond acceptors (Lipinski definition) is 3. The van der Waals surface area contributed by atoms with Crippen LogP contribution >= 0.6 is 0 Å². The van der Waals surface area contributed by atoms with E-state index in [1.54, 1.807) is 0 Å². The Kier molecular flexibility index (Phi) is 3.57. The SMILES string of the molecule is NC1CCC(CC(=O)N2CC3CCC(C2)O3)CC1. The predicted octanol–water partition coefficient (Wildman–Crippen LogP) is 1.28. The van der Waals surface area contributed by atoms with E-state index in [9.17, 15) is 4.79 Å². The topological polar surface area (TPSA) is 55.6 Å². The lowest BCUT2D eigenvalue weighted by Gasteiger charge is -2.34. The van der Waals surface area contributed by atoms with Crippen molar-refractivity contribution in [1.29, 1.82) is 0 Å². The van der Waals surface area contributed by atoms with Gasteiger partial charge in [-0.2, -0.15) is 0 Å².